The Morgan fingerprint density at radius 2 is 1.87 bits per heavy atom. The zero-order valence-corrected chi connectivity index (χ0v) is 10.8. The molecule has 1 aromatic carbocycles. The largest absolute Gasteiger partial charge is 0.396 e. The van der Waals surface area contributed by atoms with Gasteiger partial charge in [0.1, 0.15) is 0 Å². The molecule has 2 heteroatoms. The molecule has 15 heavy (non-hydrogen) atoms. The van der Waals surface area contributed by atoms with Gasteiger partial charge in [0, 0.05) is 6.61 Å². The smallest absolute Gasteiger partial charge is 0.0898 e. The average molecular weight is 220 g/mol. The Morgan fingerprint density at radius 3 is 2.33 bits per heavy atom. The first-order valence-corrected chi connectivity index (χ1v) is 8.50. The lowest BCUT2D eigenvalue weighted by Crippen LogP contribution is -2.46. The Balaban J connectivity index is 3.00. The molecule has 82 valence electrons. The van der Waals surface area contributed by atoms with Crippen molar-refractivity contribution >= 4 is 13.3 Å². The van der Waals surface area contributed by atoms with E-state index in [0.29, 0.717) is 5.54 Å². The molecule has 0 spiro atoms. The summed E-state index contributed by atoms with van der Waals surface area (Å²) in [7, 11) is -1.57. The standard InChI is InChI=1S/C13H20OSi/c1-4-8-13(11-14)15(2,3)12-9-6-5-7-10-12/h4-10,13-14H,11H2,1-3H3/b8-4-/t13-/m0/s1. The minimum atomic E-state index is -1.57. The summed E-state index contributed by atoms with van der Waals surface area (Å²) in [6, 6.07) is 10.6. The molecule has 0 aliphatic carbocycles. The van der Waals surface area contributed by atoms with Crippen LogP contribution in [0.25, 0.3) is 0 Å². The van der Waals surface area contributed by atoms with Gasteiger partial charge < -0.3 is 5.11 Å². The van der Waals surface area contributed by atoms with Crippen LogP contribution in [0.15, 0.2) is 42.5 Å². The van der Waals surface area contributed by atoms with E-state index in [-0.39, 0.29) is 6.61 Å². The number of allylic oxidation sites excluding steroid dienone is 1. The maximum absolute atomic E-state index is 9.44. The first kappa shape index (κ1) is 12.2. The van der Waals surface area contributed by atoms with E-state index in [9.17, 15) is 5.11 Å². The lowest BCUT2D eigenvalue weighted by atomic mass is 10.4. The van der Waals surface area contributed by atoms with Crippen molar-refractivity contribution in [2.45, 2.75) is 25.6 Å². The lowest BCUT2D eigenvalue weighted by Gasteiger charge is -2.29. The summed E-state index contributed by atoms with van der Waals surface area (Å²) < 4.78 is 0. The first-order valence-electron chi connectivity index (χ1n) is 5.42. The van der Waals surface area contributed by atoms with Gasteiger partial charge in [0.2, 0.25) is 0 Å². The summed E-state index contributed by atoms with van der Waals surface area (Å²) in [4.78, 5) is 0. The summed E-state index contributed by atoms with van der Waals surface area (Å²) in [5.74, 6) is 0. The summed E-state index contributed by atoms with van der Waals surface area (Å²) >= 11 is 0. The van der Waals surface area contributed by atoms with Gasteiger partial charge in [0.15, 0.2) is 0 Å². The van der Waals surface area contributed by atoms with Gasteiger partial charge in [0.05, 0.1) is 8.07 Å². The Hall–Kier alpha value is -0.863. The first-order chi connectivity index (χ1) is 7.12. The van der Waals surface area contributed by atoms with Crippen molar-refractivity contribution in [1.82, 2.24) is 0 Å². The molecule has 1 rings (SSSR count). The zero-order valence-electron chi connectivity index (χ0n) is 9.77. The molecular formula is C13H20OSi. The molecule has 0 radical (unpaired) electrons. The number of aliphatic hydroxyl groups is 1. The van der Waals surface area contributed by atoms with Crippen molar-refractivity contribution in [3.63, 3.8) is 0 Å². The van der Waals surface area contributed by atoms with Gasteiger partial charge in [-0.25, -0.2) is 0 Å². The molecule has 0 fully saturated rings. The molecule has 1 aromatic rings. The predicted molar refractivity (Wildman–Crippen MR) is 69.2 cm³/mol. The van der Waals surface area contributed by atoms with Crippen LogP contribution in [0, 0.1) is 0 Å². The van der Waals surface area contributed by atoms with Crippen LogP contribution in [0.1, 0.15) is 6.92 Å². The fourth-order valence-corrected chi connectivity index (χ4v) is 4.45. The van der Waals surface area contributed by atoms with Crippen LogP contribution in [0.4, 0.5) is 0 Å². The molecule has 1 N–H and O–H groups in total. The molecule has 0 saturated heterocycles. The normalized spacial score (nSPS) is 14.4. The van der Waals surface area contributed by atoms with Crippen molar-refractivity contribution < 1.29 is 5.11 Å². The van der Waals surface area contributed by atoms with Crippen LogP contribution in [-0.4, -0.2) is 19.8 Å². The van der Waals surface area contributed by atoms with Gasteiger partial charge in [-0.3, -0.25) is 0 Å². The van der Waals surface area contributed by atoms with Crippen molar-refractivity contribution in [1.29, 1.82) is 0 Å². The van der Waals surface area contributed by atoms with Crippen molar-refractivity contribution in [3.05, 3.63) is 42.5 Å². The summed E-state index contributed by atoms with van der Waals surface area (Å²) in [5.41, 5.74) is 0.310. The van der Waals surface area contributed by atoms with E-state index >= 15 is 0 Å². The third-order valence-corrected chi connectivity index (χ3v) is 7.12. The van der Waals surface area contributed by atoms with Gasteiger partial charge >= 0.3 is 0 Å². The van der Waals surface area contributed by atoms with E-state index < -0.39 is 8.07 Å². The van der Waals surface area contributed by atoms with Crippen molar-refractivity contribution in [3.8, 4) is 0 Å². The number of benzene rings is 1. The van der Waals surface area contributed by atoms with E-state index in [1.807, 2.05) is 19.1 Å². The Kier molecular flexibility index (Phi) is 4.30. The number of aliphatic hydroxyl groups excluding tert-OH is 1. The third-order valence-electron chi connectivity index (χ3n) is 3.07. The maximum atomic E-state index is 9.44. The van der Waals surface area contributed by atoms with E-state index in [1.165, 1.54) is 5.19 Å². The topological polar surface area (TPSA) is 20.2 Å². The molecule has 1 nitrogen and oxygen atoms in total. The molecule has 0 heterocycles. The fraction of sp³-hybridized carbons (Fsp3) is 0.385. The van der Waals surface area contributed by atoms with Crippen molar-refractivity contribution in [2.24, 2.45) is 0 Å². The van der Waals surface area contributed by atoms with Gasteiger partial charge in [0.25, 0.3) is 0 Å². The summed E-state index contributed by atoms with van der Waals surface area (Å²) in [6.45, 7) is 6.88. The molecule has 1 atom stereocenters. The molecule has 0 aliphatic rings. The van der Waals surface area contributed by atoms with Crippen LogP contribution < -0.4 is 5.19 Å². The number of hydrogen-bond acceptors (Lipinski definition) is 1. The van der Waals surface area contributed by atoms with Crippen LogP contribution in [-0.2, 0) is 0 Å². The lowest BCUT2D eigenvalue weighted by molar-refractivity contribution is 0.300. The predicted octanol–water partition coefficient (Wildman–Crippen LogP) is 2.54. The van der Waals surface area contributed by atoms with E-state index in [2.05, 4.69) is 43.4 Å². The second-order valence-electron chi connectivity index (χ2n) is 4.40. The molecule has 0 aromatic heterocycles. The molecule has 0 saturated carbocycles. The zero-order chi connectivity index (χ0) is 11.3. The maximum Gasteiger partial charge on any atom is 0.0898 e. The third kappa shape index (κ3) is 2.80. The second-order valence-corrected chi connectivity index (χ2v) is 9.16. The van der Waals surface area contributed by atoms with Gasteiger partial charge in [-0.15, -0.1) is 0 Å². The number of rotatable bonds is 4. The molecule has 0 bridgehead atoms. The molecule has 0 aliphatic heterocycles. The van der Waals surface area contributed by atoms with E-state index in [1.54, 1.807) is 0 Å². The Labute approximate surface area is 93.5 Å². The Morgan fingerprint density at radius 1 is 1.27 bits per heavy atom. The van der Waals surface area contributed by atoms with E-state index in [4.69, 9.17) is 0 Å². The number of hydrogen-bond donors (Lipinski definition) is 1. The van der Waals surface area contributed by atoms with Gasteiger partial charge in [-0.1, -0.05) is 60.8 Å². The second kappa shape index (κ2) is 5.28. The van der Waals surface area contributed by atoms with Gasteiger partial charge in [-0.05, 0) is 12.5 Å². The molecular weight excluding hydrogens is 200 g/mol. The SMILES string of the molecule is C/C=C\[C@@H](CO)[Si](C)(C)c1ccccc1. The highest BCUT2D eigenvalue weighted by atomic mass is 28.3. The van der Waals surface area contributed by atoms with Crippen LogP contribution in [0.3, 0.4) is 0 Å². The highest BCUT2D eigenvalue weighted by molar-refractivity contribution is 6.91. The molecule has 0 unspecified atom stereocenters. The fourth-order valence-electron chi connectivity index (χ4n) is 1.84. The minimum absolute atomic E-state index is 0.248. The quantitative estimate of drug-likeness (QED) is 0.611. The highest BCUT2D eigenvalue weighted by Crippen LogP contribution is 2.22. The molecule has 0 amide bonds. The van der Waals surface area contributed by atoms with Crippen LogP contribution in [0.2, 0.25) is 18.6 Å². The Bertz CT molecular complexity index is 317. The van der Waals surface area contributed by atoms with Crippen LogP contribution >= 0.6 is 0 Å². The summed E-state index contributed by atoms with van der Waals surface area (Å²) in [5, 5.41) is 10.8. The summed E-state index contributed by atoms with van der Waals surface area (Å²) in [6.07, 6.45) is 4.18. The minimum Gasteiger partial charge on any atom is -0.396 e. The van der Waals surface area contributed by atoms with Crippen LogP contribution in [0.5, 0.6) is 0 Å². The highest BCUT2D eigenvalue weighted by Gasteiger charge is 2.30. The average Bonchev–Trinajstić information content (AvgIpc) is 2.27. The van der Waals surface area contributed by atoms with Gasteiger partial charge in [-0.2, -0.15) is 0 Å². The van der Waals surface area contributed by atoms with Crippen molar-refractivity contribution in [2.75, 3.05) is 6.61 Å². The van der Waals surface area contributed by atoms with E-state index in [0.717, 1.165) is 0 Å². The monoisotopic (exact) mass is 220 g/mol.